The van der Waals surface area contributed by atoms with E-state index in [0.717, 1.165) is 30.0 Å². The average molecular weight is 348 g/mol. The number of nitrogens with zero attached hydrogens (tertiary/aromatic N) is 2. The fraction of sp³-hybridized carbons (Fsp3) is 0.444. The molecule has 1 unspecified atom stereocenters. The molecule has 2 aliphatic heterocycles. The van der Waals surface area contributed by atoms with Gasteiger partial charge in [-0.1, -0.05) is 6.07 Å². The van der Waals surface area contributed by atoms with Crippen LogP contribution in [0.4, 0.5) is 8.78 Å². The Labute approximate surface area is 143 Å². The van der Waals surface area contributed by atoms with E-state index >= 15 is 0 Å². The minimum atomic E-state index is -0.698. The molecule has 5 nitrogen and oxygen atoms in total. The van der Waals surface area contributed by atoms with Crippen LogP contribution in [-0.4, -0.2) is 35.5 Å². The number of carbonyl (C=O) groups is 1. The second-order valence-corrected chi connectivity index (χ2v) is 6.46. The van der Waals surface area contributed by atoms with E-state index in [1.54, 1.807) is 4.90 Å². The molecule has 7 heteroatoms. The third-order valence-electron chi connectivity index (χ3n) is 4.73. The Morgan fingerprint density at radius 2 is 2.24 bits per heavy atom. The molecular formula is C18H18F2N2O3. The largest absolute Gasteiger partial charge is 0.445 e. The first-order valence-electron chi connectivity index (χ1n) is 8.38. The van der Waals surface area contributed by atoms with Crippen molar-refractivity contribution in [2.24, 2.45) is 0 Å². The van der Waals surface area contributed by atoms with Crippen molar-refractivity contribution in [3.05, 3.63) is 52.7 Å². The highest BCUT2D eigenvalue weighted by molar-refractivity contribution is 5.79. The summed E-state index contributed by atoms with van der Waals surface area (Å²) >= 11 is 0. The topological polar surface area (TPSA) is 55.6 Å². The SMILES string of the molecule is O=C(Cc1ccc(F)cc1F)N1CCc2oc(C3CCOC3)nc2C1. The first-order valence-corrected chi connectivity index (χ1v) is 8.38. The van der Waals surface area contributed by atoms with Gasteiger partial charge < -0.3 is 14.1 Å². The Hall–Kier alpha value is -2.28. The van der Waals surface area contributed by atoms with E-state index in [4.69, 9.17) is 9.15 Å². The lowest BCUT2D eigenvalue weighted by Gasteiger charge is -2.25. The second-order valence-electron chi connectivity index (χ2n) is 6.46. The van der Waals surface area contributed by atoms with Crippen LogP contribution >= 0.6 is 0 Å². The summed E-state index contributed by atoms with van der Waals surface area (Å²) in [5.41, 5.74) is 0.960. The van der Waals surface area contributed by atoms with Crippen LogP contribution in [0, 0.1) is 11.6 Å². The Bertz CT molecular complexity index is 800. The quantitative estimate of drug-likeness (QED) is 0.856. The lowest BCUT2D eigenvalue weighted by Crippen LogP contribution is -2.36. The Kier molecular flexibility index (Phi) is 4.25. The summed E-state index contributed by atoms with van der Waals surface area (Å²) in [4.78, 5) is 18.6. The Morgan fingerprint density at radius 1 is 1.36 bits per heavy atom. The van der Waals surface area contributed by atoms with Crippen LogP contribution in [0.25, 0.3) is 0 Å². The maximum atomic E-state index is 13.7. The highest BCUT2D eigenvalue weighted by atomic mass is 19.1. The number of aromatic nitrogens is 1. The molecule has 2 aromatic rings. The van der Waals surface area contributed by atoms with Gasteiger partial charge in [0.05, 0.1) is 25.5 Å². The highest BCUT2D eigenvalue weighted by Gasteiger charge is 2.29. The number of amides is 1. The van der Waals surface area contributed by atoms with E-state index < -0.39 is 11.6 Å². The molecule has 0 radical (unpaired) electrons. The summed E-state index contributed by atoms with van der Waals surface area (Å²) in [7, 11) is 0. The molecule has 132 valence electrons. The summed E-state index contributed by atoms with van der Waals surface area (Å²) in [6, 6.07) is 3.27. The Morgan fingerprint density at radius 3 is 3.00 bits per heavy atom. The van der Waals surface area contributed by atoms with Crippen LogP contribution in [-0.2, 0) is 28.9 Å². The molecule has 2 aliphatic rings. The number of oxazole rings is 1. The molecule has 1 aromatic carbocycles. The van der Waals surface area contributed by atoms with Gasteiger partial charge in [-0.3, -0.25) is 4.79 Å². The number of halogens is 2. The van der Waals surface area contributed by atoms with Gasteiger partial charge in [0, 0.05) is 25.6 Å². The molecule has 0 aliphatic carbocycles. The van der Waals surface area contributed by atoms with Crippen LogP contribution in [0.3, 0.4) is 0 Å². The van der Waals surface area contributed by atoms with Crippen LogP contribution in [0.15, 0.2) is 22.6 Å². The minimum Gasteiger partial charge on any atom is -0.445 e. The van der Waals surface area contributed by atoms with E-state index in [9.17, 15) is 13.6 Å². The minimum absolute atomic E-state index is 0.0946. The molecule has 1 saturated heterocycles. The van der Waals surface area contributed by atoms with Gasteiger partial charge in [0.1, 0.15) is 23.1 Å². The van der Waals surface area contributed by atoms with Crippen LogP contribution in [0.5, 0.6) is 0 Å². The van der Waals surface area contributed by atoms with Crippen molar-refractivity contribution in [3.63, 3.8) is 0 Å². The van der Waals surface area contributed by atoms with Crippen molar-refractivity contribution in [1.82, 2.24) is 9.88 Å². The zero-order valence-corrected chi connectivity index (χ0v) is 13.6. The molecule has 1 amide bonds. The summed E-state index contributed by atoms with van der Waals surface area (Å²) < 4.78 is 37.9. The van der Waals surface area contributed by atoms with Crippen molar-refractivity contribution in [1.29, 1.82) is 0 Å². The van der Waals surface area contributed by atoms with Crippen molar-refractivity contribution >= 4 is 5.91 Å². The molecule has 1 atom stereocenters. The molecule has 0 saturated carbocycles. The molecule has 0 N–H and O–H groups in total. The van der Waals surface area contributed by atoms with E-state index in [0.29, 0.717) is 38.6 Å². The fourth-order valence-corrected chi connectivity index (χ4v) is 3.28. The zero-order chi connectivity index (χ0) is 17.4. The van der Waals surface area contributed by atoms with Crippen LogP contribution < -0.4 is 0 Å². The fourth-order valence-electron chi connectivity index (χ4n) is 3.28. The van der Waals surface area contributed by atoms with E-state index in [-0.39, 0.29) is 23.8 Å². The third kappa shape index (κ3) is 3.28. The molecule has 1 aromatic heterocycles. The van der Waals surface area contributed by atoms with Crippen LogP contribution in [0.2, 0.25) is 0 Å². The predicted molar refractivity (Wildman–Crippen MR) is 83.9 cm³/mol. The molecule has 4 rings (SSSR count). The lowest BCUT2D eigenvalue weighted by atomic mass is 10.1. The number of hydrogen-bond donors (Lipinski definition) is 0. The van der Waals surface area contributed by atoms with E-state index in [1.165, 1.54) is 6.07 Å². The van der Waals surface area contributed by atoms with Gasteiger partial charge >= 0.3 is 0 Å². The van der Waals surface area contributed by atoms with E-state index in [1.807, 2.05) is 0 Å². The van der Waals surface area contributed by atoms with Crippen molar-refractivity contribution < 1.29 is 22.7 Å². The van der Waals surface area contributed by atoms with Crippen molar-refractivity contribution in [2.45, 2.75) is 31.7 Å². The number of carbonyl (C=O) groups excluding carboxylic acids is 1. The summed E-state index contributed by atoms with van der Waals surface area (Å²) in [6.45, 7) is 2.19. The number of ether oxygens (including phenoxy) is 1. The highest BCUT2D eigenvalue weighted by Crippen LogP contribution is 2.29. The lowest BCUT2D eigenvalue weighted by molar-refractivity contribution is -0.131. The summed E-state index contributed by atoms with van der Waals surface area (Å²) in [6.07, 6.45) is 1.39. The monoisotopic (exact) mass is 348 g/mol. The average Bonchev–Trinajstić information content (AvgIpc) is 3.25. The molecule has 3 heterocycles. The maximum Gasteiger partial charge on any atom is 0.227 e. The second kappa shape index (κ2) is 6.55. The zero-order valence-electron chi connectivity index (χ0n) is 13.6. The summed E-state index contributed by atoms with van der Waals surface area (Å²) in [5.74, 6) is 0.131. The van der Waals surface area contributed by atoms with Gasteiger partial charge in [0.25, 0.3) is 0 Å². The predicted octanol–water partition coefficient (Wildman–Crippen LogP) is 2.58. The number of fused-ring (bicyclic) bond motifs is 1. The molecule has 25 heavy (non-hydrogen) atoms. The molecular weight excluding hydrogens is 330 g/mol. The van der Waals surface area contributed by atoms with Crippen molar-refractivity contribution in [3.8, 4) is 0 Å². The van der Waals surface area contributed by atoms with Gasteiger partial charge in [0.2, 0.25) is 5.91 Å². The first kappa shape index (κ1) is 16.2. The smallest absolute Gasteiger partial charge is 0.227 e. The van der Waals surface area contributed by atoms with Gasteiger partial charge in [-0.2, -0.15) is 0 Å². The van der Waals surface area contributed by atoms with Gasteiger partial charge in [0.15, 0.2) is 5.89 Å². The van der Waals surface area contributed by atoms with E-state index in [2.05, 4.69) is 4.98 Å². The number of rotatable bonds is 3. The van der Waals surface area contributed by atoms with Gasteiger partial charge in [-0.15, -0.1) is 0 Å². The maximum absolute atomic E-state index is 13.7. The van der Waals surface area contributed by atoms with Crippen LogP contribution in [0.1, 0.15) is 35.2 Å². The standard InChI is InChI=1S/C18H18F2N2O3/c19-13-2-1-11(14(20)8-13)7-17(23)22-5-3-16-15(9-22)21-18(25-16)12-4-6-24-10-12/h1-2,8,12H,3-7,9-10H2. The third-order valence-corrected chi connectivity index (χ3v) is 4.73. The normalized spacial score (nSPS) is 19.9. The Balaban J connectivity index is 1.45. The van der Waals surface area contributed by atoms with Gasteiger partial charge in [-0.25, -0.2) is 13.8 Å². The molecule has 0 spiro atoms. The number of benzene rings is 1. The van der Waals surface area contributed by atoms with Crippen molar-refractivity contribution in [2.75, 3.05) is 19.8 Å². The summed E-state index contributed by atoms with van der Waals surface area (Å²) in [5, 5.41) is 0. The molecule has 1 fully saturated rings. The number of hydrogen-bond acceptors (Lipinski definition) is 4. The first-order chi connectivity index (χ1) is 12.1. The molecule has 0 bridgehead atoms. The van der Waals surface area contributed by atoms with Gasteiger partial charge in [-0.05, 0) is 18.1 Å².